The van der Waals surface area contributed by atoms with Crippen LogP contribution in [0, 0.1) is 0 Å². The molecule has 122 valence electrons. The van der Waals surface area contributed by atoms with Crippen LogP contribution >= 0.6 is 11.3 Å². The van der Waals surface area contributed by atoms with Crippen molar-refractivity contribution < 1.29 is 9.53 Å². The fraction of sp³-hybridized carbons (Fsp3) is 0.529. The second-order valence-corrected chi connectivity index (χ2v) is 7.23. The summed E-state index contributed by atoms with van der Waals surface area (Å²) in [6, 6.07) is 5.91. The highest BCUT2D eigenvalue weighted by atomic mass is 32.1. The summed E-state index contributed by atoms with van der Waals surface area (Å²) in [7, 11) is 0. The molecule has 23 heavy (non-hydrogen) atoms. The second-order valence-electron chi connectivity index (χ2n) is 6.16. The van der Waals surface area contributed by atoms with Crippen molar-refractivity contribution in [2.24, 2.45) is 0 Å². The molecule has 3 heterocycles. The van der Waals surface area contributed by atoms with E-state index in [1.807, 2.05) is 23.1 Å². The number of aromatic nitrogens is 1. The molecule has 1 aromatic carbocycles. The molecular weight excluding hydrogens is 310 g/mol. The van der Waals surface area contributed by atoms with Gasteiger partial charge in [0.2, 0.25) is 0 Å². The summed E-state index contributed by atoms with van der Waals surface area (Å²) in [5.74, 6) is 0.666. The lowest BCUT2D eigenvalue weighted by molar-refractivity contribution is 0.0303. The number of carbonyl (C=O) groups is 1. The van der Waals surface area contributed by atoms with Gasteiger partial charge in [0, 0.05) is 24.6 Å². The summed E-state index contributed by atoms with van der Waals surface area (Å²) in [5, 5.41) is 4.61. The Morgan fingerprint density at radius 1 is 1.26 bits per heavy atom. The van der Waals surface area contributed by atoms with E-state index >= 15 is 0 Å². The van der Waals surface area contributed by atoms with Crippen LogP contribution in [0.1, 0.15) is 34.1 Å². The van der Waals surface area contributed by atoms with Gasteiger partial charge in [-0.25, -0.2) is 4.98 Å². The Balaban J connectivity index is 1.58. The van der Waals surface area contributed by atoms with Gasteiger partial charge in [0.1, 0.15) is 0 Å². The minimum Gasteiger partial charge on any atom is -0.378 e. The molecule has 2 fully saturated rings. The first-order valence-corrected chi connectivity index (χ1v) is 9.11. The van der Waals surface area contributed by atoms with Crippen LogP contribution in [0.3, 0.4) is 0 Å². The van der Waals surface area contributed by atoms with E-state index in [2.05, 4.69) is 5.32 Å². The van der Waals surface area contributed by atoms with Gasteiger partial charge in [-0.3, -0.25) is 4.79 Å². The lowest BCUT2D eigenvalue weighted by Crippen LogP contribution is -2.40. The summed E-state index contributed by atoms with van der Waals surface area (Å²) in [6.07, 6.45) is 2.30. The van der Waals surface area contributed by atoms with Crippen LogP contribution < -0.4 is 5.32 Å². The van der Waals surface area contributed by atoms with E-state index in [1.165, 1.54) is 5.01 Å². The molecule has 0 atom stereocenters. The molecule has 0 radical (unpaired) electrons. The summed E-state index contributed by atoms with van der Waals surface area (Å²) in [4.78, 5) is 19.3. The molecule has 0 spiro atoms. The minimum atomic E-state index is 0.104. The number of hydrogen-bond acceptors (Lipinski definition) is 5. The zero-order valence-electron chi connectivity index (χ0n) is 13.1. The van der Waals surface area contributed by atoms with E-state index in [9.17, 15) is 4.79 Å². The molecule has 1 amide bonds. The fourth-order valence-corrected chi connectivity index (χ4v) is 4.44. The molecule has 0 unspecified atom stereocenters. The first-order valence-electron chi connectivity index (χ1n) is 8.29. The van der Waals surface area contributed by atoms with Gasteiger partial charge in [-0.15, -0.1) is 11.3 Å². The summed E-state index contributed by atoms with van der Waals surface area (Å²) >= 11 is 1.75. The van der Waals surface area contributed by atoms with Crippen molar-refractivity contribution in [1.29, 1.82) is 0 Å². The average Bonchev–Trinajstić information content (AvgIpc) is 3.06. The zero-order valence-corrected chi connectivity index (χ0v) is 13.9. The lowest BCUT2D eigenvalue weighted by atomic mass is 9.99. The number of amides is 1. The number of carbonyl (C=O) groups excluding carboxylic acids is 1. The fourth-order valence-electron chi connectivity index (χ4n) is 3.27. The van der Waals surface area contributed by atoms with Crippen molar-refractivity contribution in [1.82, 2.24) is 15.2 Å². The number of thiazole rings is 1. The summed E-state index contributed by atoms with van der Waals surface area (Å²) < 4.78 is 6.44. The van der Waals surface area contributed by atoms with Gasteiger partial charge in [-0.05, 0) is 44.1 Å². The van der Waals surface area contributed by atoms with Gasteiger partial charge in [-0.1, -0.05) is 0 Å². The highest BCUT2D eigenvalue weighted by Gasteiger charge is 2.21. The molecule has 0 bridgehead atoms. The van der Waals surface area contributed by atoms with E-state index in [1.54, 1.807) is 11.3 Å². The highest BCUT2D eigenvalue weighted by molar-refractivity contribution is 7.18. The van der Waals surface area contributed by atoms with Crippen LogP contribution in [0.25, 0.3) is 10.2 Å². The molecule has 0 saturated carbocycles. The maximum Gasteiger partial charge on any atom is 0.254 e. The normalized spacial score (nSPS) is 20.1. The molecule has 5 nitrogen and oxygen atoms in total. The van der Waals surface area contributed by atoms with E-state index in [0.29, 0.717) is 32.2 Å². The van der Waals surface area contributed by atoms with E-state index in [-0.39, 0.29) is 5.91 Å². The van der Waals surface area contributed by atoms with Crippen molar-refractivity contribution in [2.45, 2.75) is 18.8 Å². The Bertz CT molecular complexity index is 703. The maximum absolute atomic E-state index is 12.6. The molecule has 1 N–H and O–H groups in total. The number of morpholine rings is 1. The average molecular weight is 331 g/mol. The largest absolute Gasteiger partial charge is 0.378 e. The Kier molecular flexibility index (Phi) is 4.29. The highest BCUT2D eigenvalue weighted by Crippen LogP contribution is 2.32. The van der Waals surface area contributed by atoms with Crippen molar-refractivity contribution in [3.63, 3.8) is 0 Å². The van der Waals surface area contributed by atoms with E-state index in [4.69, 9.17) is 9.72 Å². The van der Waals surface area contributed by atoms with Crippen LogP contribution in [0.5, 0.6) is 0 Å². The predicted octanol–water partition coefficient (Wildman–Crippen LogP) is 2.24. The van der Waals surface area contributed by atoms with E-state index < -0.39 is 0 Å². The van der Waals surface area contributed by atoms with Crippen LogP contribution in [0.15, 0.2) is 18.2 Å². The molecule has 2 saturated heterocycles. The van der Waals surface area contributed by atoms with Crippen LogP contribution in [-0.2, 0) is 4.74 Å². The molecule has 0 aliphatic carbocycles. The molecule has 2 aliphatic heterocycles. The van der Waals surface area contributed by atoms with Gasteiger partial charge in [0.15, 0.2) is 0 Å². The number of benzene rings is 1. The third-order valence-corrected chi connectivity index (χ3v) is 5.82. The third kappa shape index (κ3) is 3.11. The first-order chi connectivity index (χ1) is 11.3. The van der Waals surface area contributed by atoms with Gasteiger partial charge < -0.3 is 15.0 Å². The number of fused-ring (bicyclic) bond motifs is 1. The van der Waals surface area contributed by atoms with Crippen LogP contribution in [-0.4, -0.2) is 55.2 Å². The van der Waals surface area contributed by atoms with Gasteiger partial charge in [0.05, 0.1) is 28.4 Å². The summed E-state index contributed by atoms with van der Waals surface area (Å²) in [6.45, 7) is 4.77. The van der Waals surface area contributed by atoms with Crippen molar-refractivity contribution in [3.05, 3.63) is 28.8 Å². The number of piperidine rings is 1. The van der Waals surface area contributed by atoms with Crippen LogP contribution in [0.2, 0.25) is 0 Å². The molecule has 4 rings (SSSR count). The molecule has 2 aromatic rings. The Hall–Kier alpha value is -1.50. The number of hydrogen-bond donors (Lipinski definition) is 1. The van der Waals surface area contributed by atoms with Gasteiger partial charge >= 0.3 is 0 Å². The monoisotopic (exact) mass is 331 g/mol. The zero-order chi connectivity index (χ0) is 15.6. The quantitative estimate of drug-likeness (QED) is 0.917. The van der Waals surface area contributed by atoms with Crippen LogP contribution in [0.4, 0.5) is 0 Å². The summed E-state index contributed by atoms with van der Waals surface area (Å²) in [5.41, 5.74) is 1.78. The lowest BCUT2D eigenvalue weighted by Gasteiger charge is -2.26. The number of nitrogens with zero attached hydrogens (tertiary/aromatic N) is 2. The molecule has 2 aliphatic rings. The van der Waals surface area contributed by atoms with Crippen molar-refractivity contribution in [2.75, 3.05) is 39.4 Å². The molecule has 6 heteroatoms. The van der Waals surface area contributed by atoms with E-state index in [0.717, 1.165) is 41.7 Å². The Morgan fingerprint density at radius 2 is 2.04 bits per heavy atom. The van der Waals surface area contributed by atoms with Crippen molar-refractivity contribution in [3.8, 4) is 0 Å². The number of nitrogens with one attached hydrogen (secondary N) is 1. The third-order valence-electron chi connectivity index (χ3n) is 4.64. The second kappa shape index (κ2) is 6.55. The van der Waals surface area contributed by atoms with Gasteiger partial charge in [-0.2, -0.15) is 0 Å². The molecule has 1 aromatic heterocycles. The number of ether oxygens (including phenoxy) is 1. The van der Waals surface area contributed by atoms with Crippen molar-refractivity contribution >= 4 is 27.5 Å². The Morgan fingerprint density at radius 3 is 2.83 bits per heavy atom. The maximum atomic E-state index is 12.6. The first kappa shape index (κ1) is 15.1. The number of rotatable bonds is 2. The minimum absolute atomic E-state index is 0.104. The topological polar surface area (TPSA) is 54.5 Å². The molecular formula is C17H21N3O2S. The SMILES string of the molecule is O=C(c1ccc2nc(C3CCNCC3)sc2c1)N1CCOCC1. The predicted molar refractivity (Wildman–Crippen MR) is 91.2 cm³/mol. The standard InChI is InChI=1S/C17H21N3O2S/c21-17(20-7-9-22-10-8-20)13-1-2-14-15(11-13)23-16(19-14)12-3-5-18-6-4-12/h1-2,11-12,18H,3-10H2. The van der Waals surface area contributed by atoms with Gasteiger partial charge in [0.25, 0.3) is 5.91 Å². The smallest absolute Gasteiger partial charge is 0.254 e. The Labute approximate surface area is 139 Å².